The van der Waals surface area contributed by atoms with Gasteiger partial charge in [-0.25, -0.2) is 4.98 Å². The predicted octanol–water partition coefficient (Wildman–Crippen LogP) is 3.70. The number of nitrogens with zero attached hydrogens (tertiary/aromatic N) is 2. The Morgan fingerprint density at radius 3 is 2.62 bits per heavy atom. The minimum atomic E-state index is 0.498. The first-order chi connectivity index (χ1) is 10.2. The van der Waals surface area contributed by atoms with Crippen molar-refractivity contribution < 1.29 is 4.74 Å². The van der Waals surface area contributed by atoms with Crippen molar-refractivity contribution in [2.24, 2.45) is 0 Å². The fraction of sp³-hybridized carbons (Fsp3) is 0.235. The molecule has 0 fully saturated rings. The van der Waals surface area contributed by atoms with Crippen LogP contribution in [0.1, 0.15) is 18.9 Å². The fourth-order valence-corrected chi connectivity index (χ4v) is 2.39. The molecule has 0 aliphatic carbocycles. The van der Waals surface area contributed by atoms with E-state index in [1.807, 2.05) is 34.9 Å². The molecule has 1 aromatic heterocycles. The van der Waals surface area contributed by atoms with Gasteiger partial charge in [-0.1, -0.05) is 13.0 Å². The van der Waals surface area contributed by atoms with E-state index < -0.39 is 0 Å². The number of nitrogens with two attached hydrogens (primary N) is 1. The molecule has 108 valence electrons. The van der Waals surface area contributed by atoms with Gasteiger partial charge in [0, 0.05) is 5.69 Å². The molecular weight excluding hydrogens is 262 g/mol. The van der Waals surface area contributed by atoms with Crippen LogP contribution in [-0.2, 0) is 0 Å². The second kappa shape index (κ2) is 5.48. The maximum atomic E-state index is 6.07. The van der Waals surface area contributed by atoms with Gasteiger partial charge in [0.15, 0.2) is 0 Å². The van der Waals surface area contributed by atoms with Gasteiger partial charge in [0.1, 0.15) is 5.75 Å². The number of aryl methyl sites for hydroxylation is 1. The molecule has 0 bridgehead atoms. The van der Waals surface area contributed by atoms with E-state index in [4.69, 9.17) is 10.5 Å². The fourth-order valence-electron chi connectivity index (χ4n) is 2.39. The van der Waals surface area contributed by atoms with Gasteiger partial charge >= 0.3 is 0 Å². The Hall–Kier alpha value is -2.49. The lowest BCUT2D eigenvalue weighted by Gasteiger charge is -2.09. The Kier molecular flexibility index (Phi) is 3.52. The number of rotatable bonds is 4. The molecule has 0 aliphatic rings. The second-order valence-corrected chi connectivity index (χ2v) is 5.14. The Morgan fingerprint density at radius 1 is 1.14 bits per heavy atom. The van der Waals surface area contributed by atoms with E-state index >= 15 is 0 Å². The third kappa shape index (κ3) is 2.57. The summed E-state index contributed by atoms with van der Waals surface area (Å²) in [4.78, 5) is 4.43. The summed E-state index contributed by atoms with van der Waals surface area (Å²) in [5.74, 6) is 1.37. The average Bonchev–Trinajstić information content (AvgIpc) is 2.80. The van der Waals surface area contributed by atoms with Gasteiger partial charge in [-0.3, -0.25) is 4.57 Å². The van der Waals surface area contributed by atoms with Crippen LogP contribution in [0.2, 0.25) is 0 Å². The van der Waals surface area contributed by atoms with Gasteiger partial charge in [-0.2, -0.15) is 0 Å². The summed E-state index contributed by atoms with van der Waals surface area (Å²) in [6.07, 6.45) is 1.00. The number of benzene rings is 2. The lowest BCUT2D eigenvalue weighted by Crippen LogP contribution is -2.01. The SMILES string of the molecule is CCCOc1ccc(-n2c(N)nc3cc(C)ccc32)cc1. The van der Waals surface area contributed by atoms with Crippen LogP contribution >= 0.6 is 0 Å². The molecule has 0 saturated heterocycles. The van der Waals surface area contributed by atoms with Gasteiger partial charge in [-0.15, -0.1) is 0 Å². The second-order valence-electron chi connectivity index (χ2n) is 5.14. The van der Waals surface area contributed by atoms with Crippen LogP contribution in [0.15, 0.2) is 42.5 Å². The molecule has 0 spiro atoms. The Morgan fingerprint density at radius 2 is 1.90 bits per heavy atom. The highest BCUT2D eigenvalue weighted by molar-refractivity contribution is 5.81. The quantitative estimate of drug-likeness (QED) is 0.793. The van der Waals surface area contributed by atoms with Crippen LogP contribution in [0.3, 0.4) is 0 Å². The summed E-state index contributed by atoms with van der Waals surface area (Å²) in [6.45, 7) is 4.87. The molecule has 4 heteroatoms. The van der Waals surface area contributed by atoms with Crippen LogP contribution in [0.5, 0.6) is 5.75 Å². The zero-order valence-corrected chi connectivity index (χ0v) is 12.3. The molecule has 0 radical (unpaired) electrons. The molecule has 21 heavy (non-hydrogen) atoms. The summed E-state index contributed by atoms with van der Waals surface area (Å²) < 4.78 is 7.56. The summed E-state index contributed by atoms with van der Waals surface area (Å²) in [6, 6.07) is 14.1. The van der Waals surface area contributed by atoms with E-state index in [0.29, 0.717) is 5.95 Å². The van der Waals surface area contributed by atoms with E-state index in [-0.39, 0.29) is 0 Å². The molecule has 0 amide bonds. The normalized spacial score (nSPS) is 11.0. The van der Waals surface area contributed by atoms with Crippen molar-refractivity contribution in [2.75, 3.05) is 12.3 Å². The average molecular weight is 281 g/mol. The van der Waals surface area contributed by atoms with Crippen molar-refractivity contribution in [1.82, 2.24) is 9.55 Å². The number of hydrogen-bond acceptors (Lipinski definition) is 3. The molecule has 0 unspecified atom stereocenters. The third-order valence-electron chi connectivity index (χ3n) is 3.40. The van der Waals surface area contributed by atoms with Crippen molar-refractivity contribution >= 4 is 17.0 Å². The number of imidazole rings is 1. The maximum absolute atomic E-state index is 6.07. The smallest absolute Gasteiger partial charge is 0.205 e. The van der Waals surface area contributed by atoms with Crippen LogP contribution in [0.25, 0.3) is 16.7 Å². The van der Waals surface area contributed by atoms with Gasteiger partial charge in [0.2, 0.25) is 5.95 Å². The summed E-state index contributed by atoms with van der Waals surface area (Å²) in [5.41, 5.74) is 10.2. The Balaban J connectivity index is 2.01. The highest BCUT2D eigenvalue weighted by atomic mass is 16.5. The van der Waals surface area contributed by atoms with Crippen LogP contribution in [-0.4, -0.2) is 16.2 Å². The molecule has 0 saturated carbocycles. The van der Waals surface area contributed by atoms with Crippen molar-refractivity contribution in [3.8, 4) is 11.4 Å². The van der Waals surface area contributed by atoms with Gasteiger partial charge in [-0.05, 0) is 55.3 Å². The van der Waals surface area contributed by atoms with E-state index in [2.05, 4.69) is 31.0 Å². The first-order valence-electron chi connectivity index (χ1n) is 7.17. The van der Waals surface area contributed by atoms with Crippen molar-refractivity contribution in [3.63, 3.8) is 0 Å². The summed E-state index contributed by atoms with van der Waals surface area (Å²) in [5, 5.41) is 0. The van der Waals surface area contributed by atoms with Crippen molar-refractivity contribution in [2.45, 2.75) is 20.3 Å². The van der Waals surface area contributed by atoms with Gasteiger partial charge < -0.3 is 10.5 Å². The maximum Gasteiger partial charge on any atom is 0.205 e. The highest BCUT2D eigenvalue weighted by Gasteiger charge is 2.10. The van der Waals surface area contributed by atoms with Crippen molar-refractivity contribution in [3.05, 3.63) is 48.0 Å². The molecule has 0 aliphatic heterocycles. The zero-order valence-electron chi connectivity index (χ0n) is 12.3. The number of aromatic nitrogens is 2. The molecule has 2 aromatic carbocycles. The van der Waals surface area contributed by atoms with Gasteiger partial charge in [0.25, 0.3) is 0 Å². The van der Waals surface area contributed by atoms with Gasteiger partial charge in [0.05, 0.1) is 17.6 Å². The number of anilines is 1. The molecule has 3 aromatic rings. The van der Waals surface area contributed by atoms with E-state index in [9.17, 15) is 0 Å². The number of nitrogen functional groups attached to an aromatic ring is 1. The Labute approximate surface area is 124 Å². The predicted molar refractivity (Wildman–Crippen MR) is 86.0 cm³/mol. The molecule has 0 atom stereocenters. The molecule has 3 rings (SSSR count). The molecule has 2 N–H and O–H groups in total. The summed E-state index contributed by atoms with van der Waals surface area (Å²) >= 11 is 0. The summed E-state index contributed by atoms with van der Waals surface area (Å²) in [7, 11) is 0. The number of fused-ring (bicyclic) bond motifs is 1. The van der Waals surface area contributed by atoms with E-state index in [0.717, 1.165) is 35.5 Å². The topological polar surface area (TPSA) is 53.1 Å². The van der Waals surface area contributed by atoms with Crippen LogP contribution in [0, 0.1) is 6.92 Å². The lowest BCUT2D eigenvalue weighted by molar-refractivity contribution is 0.317. The minimum absolute atomic E-state index is 0.498. The van der Waals surface area contributed by atoms with E-state index in [1.165, 1.54) is 5.56 Å². The Bertz CT molecular complexity index is 760. The highest BCUT2D eigenvalue weighted by Crippen LogP contribution is 2.25. The zero-order chi connectivity index (χ0) is 14.8. The molecule has 1 heterocycles. The first-order valence-corrected chi connectivity index (χ1v) is 7.17. The van der Waals surface area contributed by atoms with E-state index in [1.54, 1.807) is 0 Å². The largest absolute Gasteiger partial charge is 0.494 e. The number of hydrogen-bond donors (Lipinski definition) is 1. The third-order valence-corrected chi connectivity index (χ3v) is 3.40. The van der Waals surface area contributed by atoms with Crippen LogP contribution < -0.4 is 10.5 Å². The molecule has 4 nitrogen and oxygen atoms in total. The first kappa shape index (κ1) is 13.5. The monoisotopic (exact) mass is 281 g/mol. The van der Waals surface area contributed by atoms with Crippen molar-refractivity contribution in [1.29, 1.82) is 0 Å². The standard InChI is InChI=1S/C17H19N3O/c1-3-10-21-14-7-5-13(6-8-14)20-16-9-4-12(2)11-15(16)19-17(20)18/h4-9,11H,3,10H2,1-2H3,(H2,18,19). The molecular formula is C17H19N3O. The van der Waals surface area contributed by atoms with Crippen LogP contribution in [0.4, 0.5) is 5.95 Å². The minimum Gasteiger partial charge on any atom is -0.494 e. The lowest BCUT2D eigenvalue weighted by atomic mass is 10.2. The number of ether oxygens (including phenoxy) is 1.